The number of rotatable bonds is 22. The van der Waals surface area contributed by atoms with Gasteiger partial charge in [0.1, 0.15) is 6.04 Å². The summed E-state index contributed by atoms with van der Waals surface area (Å²) < 4.78 is 0. The number of carboxylic acids is 1. The fourth-order valence-electron chi connectivity index (χ4n) is 3.96. The molecule has 14 heteroatoms. The summed E-state index contributed by atoms with van der Waals surface area (Å²) in [4.78, 5) is 73.4. The van der Waals surface area contributed by atoms with Crippen molar-refractivity contribution < 1.29 is 33.9 Å². The zero-order valence-corrected chi connectivity index (χ0v) is 26.8. The second-order valence-corrected chi connectivity index (χ2v) is 12.3. The van der Waals surface area contributed by atoms with Gasteiger partial charge in [-0.2, -0.15) is 0 Å². The van der Waals surface area contributed by atoms with E-state index in [1.807, 2.05) is 27.7 Å². The van der Waals surface area contributed by atoms with Gasteiger partial charge in [-0.05, 0) is 37.5 Å². The highest BCUT2D eigenvalue weighted by atomic mass is 33.1. The normalized spacial score (nSPS) is 13.4. The summed E-state index contributed by atoms with van der Waals surface area (Å²) in [5, 5.41) is 22.5. The number of thiol groups is 1. The molecule has 0 spiro atoms. The van der Waals surface area contributed by atoms with Crippen molar-refractivity contribution in [3.63, 3.8) is 0 Å². The minimum absolute atomic E-state index is 0.0207. The van der Waals surface area contributed by atoms with Crippen molar-refractivity contribution in [1.82, 2.24) is 26.6 Å². The molecule has 0 aromatic rings. The van der Waals surface area contributed by atoms with E-state index in [1.165, 1.54) is 10.8 Å². The highest BCUT2D eigenvalue weighted by Gasteiger charge is 2.28. The van der Waals surface area contributed by atoms with E-state index in [4.69, 9.17) is 5.11 Å². The molecule has 0 aliphatic rings. The first kappa shape index (κ1) is 38.7. The molecule has 0 heterocycles. The van der Waals surface area contributed by atoms with Crippen LogP contribution in [0.15, 0.2) is 0 Å². The number of nitrogens with one attached hydrogen (secondary N) is 5. The fourth-order valence-corrected chi connectivity index (χ4v) is 4.43. The molecular weight excluding hydrogens is 570 g/mol. The third-order valence-corrected chi connectivity index (χ3v) is 6.82. The molecule has 0 radical (unpaired) electrons. The number of carbonyl (C=O) groups excluding carboxylic acids is 5. The van der Waals surface area contributed by atoms with Crippen molar-refractivity contribution in [2.45, 2.75) is 98.2 Å². The third-order valence-electron chi connectivity index (χ3n) is 6.14. The molecule has 3 unspecified atom stereocenters. The third kappa shape index (κ3) is 18.0. The molecular formula is C27H49N5O7S2. The van der Waals surface area contributed by atoms with Gasteiger partial charge >= 0.3 is 5.97 Å². The van der Waals surface area contributed by atoms with Crippen LogP contribution in [0, 0.1) is 17.8 Å². The van der Waals surface area contributed by atoms with E-state index >= 15 is 0 Å². The Morgan fingerprint density at radius 2 is 1.46 bits per heavy atom. The van der Waals surface area contributed by atoms with Gasteiger partial charge in [0.2, 0.25) is 23.6 Å². The minimum Gasteiger partial charge on any atom is -0.481 e. The number of amides is 4. The van der Waals surface area contributed by atoms with Crippen LogP contribution in [-0.2, 0) is 28.8 Å². The lowest BCUT2D eigenvalue weighted by Gasteiger charge is -2.26. The van der Waals surface area contributed by atoms with Gasteiger partial charge in [-0.25, -0.2) is 0 Å². The molecule has 12 nitrogen and oxygen atoms in total. The van der Waals surface area contributed by atoms with Crippen LogP contribution in [0.25, 0.3) is 0 Å². The summed E-state index contributed by atoms with van der Waals surface area (Å²) in [5.74, 6) is -2.65. The van der Waals surface area contributed by atoms with E-state index < -0.39 is 35.9 Å². The number of ketones is 1. The summed E-state index contributed by atoms with van der Waals surface area (Å²) in [6.07, 6.45) is 1.47. The topological polar surface area (TPSA) is 183 Å². The molecule has 0 bridgehead atoms. The average Bonchev–Trinajstić information content (AvgIpc) is 2.88. The molecule has 0 aromatic carbocycles. The number of Topliss-reactive ketones (excluding diaryl/α,β-unsaturated/α-hetero) is 1. The van der Waals surface area contributed by atoms with Gasteiger partial charge in [-0.15, -0.1) is 11.7 Å². The number of aliphatic carboxylic acids is 1. The highest BCUT2D eigenvalue weighted by molar-refractivity contribution is 8.68. The van der Waals surface area contributed by atoms with Gasteiger partial charge in [-0.3, -0.25) is 34.1 Å². The molecule has 0 fully saturated rings. The number of hydrogen-bond donors (Lipinski definition) is 7. The van der Waals surface area contributed by atoms with Crippen LogP contribution in [0.2, 0.25) is 0 Å². The zero-order valence-electron chi connectivity index (χ0n) is 25.1. The Kier molecular flexibility index (Phi) is 20.2. The van der Waals surface area contributed by atoms with Crippen LogP contribution in [0.5, 0.6) is 0 Å². The van der Waals surface area contributed by atoms with Crippen LogP contribution in [0.4, 0.5) is 0 Å². The van der Waals surface area contributed by atoms with Crippen LogP contribution in [-0.4, -0.2) is 77.6 Å². The Morgan fingerprint density at radius 3 is 2.00 bits per heavy atom. The number of unbranched alkanes of at least 4 members (excludes halogenated alkanes) is 1. The van der Waals surface area contributed by atoms with E-state index in [0.29, 0.717) is 38.1 Å². The summed E-state index contributed by atoms with van der Waals surface area (Å²) in [7, 11) is 1.25. The first-order valence-corrected chi connectivity index (χ1v) is 16.1. The van der Waals surface area contributed by atoms with Crippen molar-refractivity contribution in [3.8, 4) is 0 Å². The van der Waals surface area contributed by atoms with Gasteiger partial charge in [0.05, 0.1) is 30.9 Å². The molecule has 0 saturated carbocycles. The lowest BCUT2D eigenvalue weighted by Crippen LogP contribution is -2.55. The maximum atomic E-state index is 13.0. The van der Waals surface area contributed by atoms with E-state index in [0.717, 1.165) is 0 Å². The smallest absolute Gasteiger partial charge is 0.303 e. The van der Waals surface area contributed by atoms with Gasteiger partial charge in [-0.1, -0.05) is 52.3 Å². The lowest BCUT2D eigenvalue weighted by molar-refractivity contribution is -0.138. The maximum absolute atomic E-state index is 13.0. The van der Waals surface area contributed by atoms with Crippen LogP contribution < -0.4 is 26.6 Å². The molecule has 0 saturated heterocycles. The largest absolute Gasteiger partial charge is 0.481 e. The number of carbonyl (C=O) groups is 6. The standard InChI is InChI=1S/C27H49N5O7S2/c1-16(2)13-20(32-27(39)24(17(3)4)30-15-41-40)26(38)29-14-22(34)31-19(25(37)18(5)6)9-7-8-12-28-21(33)10-11-23(35)36/h16-20,24,30,40H,7-15H2,1-6H3,(H,28,33)(H,29,38)(H,31,34)(H,32,39)(H,35,36). The SMILES string of the molecule is CC(C)CC(NC(=O)C(NCSS)C(C)C)C(=O)NCC(=O)NC(CCCCNC(=O)CCC(=O)O)C(=O)C(C)C. The van der Waals surface area contributed by atoms with Crippen molar-refractivity contribution in [1.29, 1.82) is 0 Å². The summed E-state index contributed by atoms with van der Waals surface area (Å²) in [5.41, 5.74) is 0. The predicted molar refractivity (Wildman–Crippen MR) is 163 cm³/mol. The minimum atomic E-state index is -1.04. The first-order valence-electron chi connectivity index (χ1n) is 14.1. The molecule has 41 heavy (non-hydrogen) atoms. The zero-order chi connectivity index (χ0) is 31.5. The van der Waals surface area contributed by atoms with Crippen LogP contribution >= 0.6 is 22.5 Å². The molecule has 3 atom stereocenters. The molecule has 6 N–H and O–H groups in total. The van der Waals surface area contributed by atoms with Crippen molar-refractivity contribution >= 4 is 57.8 Å². The monoisotopic (exact) mass is 619 g/mol. The van der Waals surface area contributed by atoms with Gasteiger partial charge < -0.3 is 26.4 Å². The molecule has 4 amide bonds. The molecule has 0 aliphatic heterocycles. The molecule has 236 valence electrons. The Bertz CT molecular complexity index is 871. The van der Waals surface area contributed by atoms with Gasteiger partial charge in [0.25, 0.3) is 0 Å². The first-order chi connectivity index (χ1) is 19.2. The second-order valence-electron chi connectivity index (χ2n) is 11.0. The number of carboxylic acid groups (broad SMARTS) is 1. The number of hydrogen-bond acceptors (Lipinski definition) is 9. The van der Waals surface area contributed by atoms with Gasteiger partial charge in [0, 0.05) is 18.9 Å². The van der Waals surface area contributed by atoms with E-state index in [-0.39, 0.29) is 54.7 Å². The van der Waals surface area contributed by atoms with Crippen LogP contribution in [0.3, 0.4) is 0 Å². The maximum Gasteiger partial charge on any atom is 0.303 e. The Morgan fingerprint density at radius 1 is 0.805 bits per heavy atom. The average molecular weight is 620 g/mol. The van der Waals surface area contributed by atoms with Crippen LogP contribution in [0.1, 0.15) is 80.1 Å². The van der Waals surface area contributed by atoms with E-state index in [2.05, 4.69) is 38.2 Å². The van der Waals surface area contributed by atoms with Crippen molar-refractivity contribution in [2.75, 3.05) is 19.0 Å². The van der Waals surface area contributed by atoms with Crippen molar-refractivity contribution in [3.05, 3.63) is 0 Å². The van der Waals surface area contributed by atoms with E-state index in [9.17, 15) is 28.8 Å². The fraction of sp³-hybridized carbons (Fsp3) is 0.778. The lowest BCUT2D eigenvalue weighted by atomic mass is 9.97. The predicted octanol–water partition coefficient (Wildman–Crippen LogP) is 1.64. The van der Waals surface area contributed by atoms with Crippen molar-refractivity contribution in [2.24, 2.45) is 17.8 Å². The molecule has 0 aromatic heterocycles. The summed E-state index contributed by atoms with van der Waals surface area (Å²) in [6.45, 7) is 11.1. The van der Waals surface area contributed by atoms with E-state index in [1.54, 1.807) is 13.8 Å². The summed E-state index contributed by atoms with van der Waals surface area (Å²) in [6, 6.07) is -2.10. The Balaban J connectivity index is 5.00. The quantitative estimate of drug-likeness (QED) is 0.0410. The Labute approximate surface area is 252 Å². The second kappa shape index (κ2) is 21.4. The molecule has 0 rings (SSSR count). The Hall–Kier alpha value is -2.32. The van der Waals surface area contributed by atoms with Gasteiger partial charge in [0.15, 0.2) is 5.78 Å². The highest BCUT2D eigenvalue weighted by Crippen LogP contribution is 2.11. The summed E-state index contributed by atoms with van der Waals surface area (Å²) >= 11 is 4.09. The molecule has 0 aliphatic carbocycles.